The van der Waals surface area contributed by atoms with Gasteiger partial charge in [-0.25, -0.2) is 0 Å². The van der Waals surface area contributed by atoms with E-state index >= 15 is 0 Å². The van der Waals surface area contributed by atoms with Gasteiger partial charge in [0.2, 0.25) is 0 Å². The van der Waals surface area contributed by atoms with Crippen molar-refractivity contribution in [2.24, 2.45) is 0 Å². The summed E-state index contributed by atoms with van der Waals surface area (Å²) >= 11 is 0. The molecule has 2 aliphatic rings. The summed E-state index contributed by atoms with van der Waals surface area (Å²) in [5, 5.41) is 72.3. The molecule has 0 saturated carbocycles. The van der Waals surface area contributed by atoms with Crippen LogP contribution in [0.15, 0.2) is 48.6 Å². The fourth-order valence-corrected chi connectivity index (χ4v) is 9.16. The molecule has 73 heavy (non-hydrogen) atoms. The van der Waals surface area contributed by atoms with E-state index in [2.05, 4.69) is 62.5 Å². The normalized spacial score (nSPS) is 25.3. The highest BCUT2D eigenvalue weighted by molar-refractivity contribution is 5.69. The number of rotatable bonds is 47. The van der Waals surface area contributed by atoms with Crippen molar-refractivity contribution in [3.8, 4) is 0 Å². The third-order valence-corrected chi connectivity index (χ3v) is 13.9. The second-order valence-corrected chi connectivity index (χ2v) is 20.4. The lowest BCUT2D eigenvalue weighted by molar-refractivity contribution is -0.332. The molecule has 426 valence electrons. The van der Waals surface area contributed by atoms with Gasteiger partial charge in [-0.05, 0) is 51.4 Å². The number of carbonyl (C=O) groups excluding carboxylic acids is 1. The van der Waals surface area contributed by atoms with Crippen LogP contribution in [0, 0.1) is 0 Å². The van der Waals surface area contributed by atoms with Crippen LogP contribution in [-0.2, 0) is 33.2 Å². The largest absolute Gasteiger partial charge is 0.457 e. The molecular formula is C59H106O14. The van der Waals surface area contributed by atoms with Crippen LogP contribution in [0.3, 0.4) is 0 Å². The number of hydrogen-bond acceptors (Lipinski definition) is 14. The second kappa shape index (κ2) is 46.1. The fraction of sp³-hybridized carbons (Fsp3) is 0.847. The minimum absolute atomic E-state index is 0.0628. The molecule has 11 unspecified atom stereocenters. The molecule has 2 rings (SSSR count). The summed E-state index contributed by atoms with van der Waals surface area (Å²) in [6.45, 7) is 3.59. The molecule has 11 atom stereocenters. The highest BCUT2D eigenvalue weighted by Gasteiger charge is 2.47. The molecule has 14 heteroatoms. The SMILES string of the molecule is CC/C=C\C/C=C\C/C=C\C/C=C\CCCCCCCCCCCCCCCOCC(COC1OC(COC2OC(CO)C(O)C(O)C2O)C(O)C(O)C1O)OC(=O)CCCCCCCCCCCCCCC. The van der Waals surface area contributed by atoms with E-state index in [1.807, 2.05) is 0 Å². The monoisotopic (exact) mass is 1040 g/mol. The number of allylic oxidation sites excluding steroid dienone is 8. The van der Waals surface area contributed by atoms with Gasteiger partial charge >= 0.3 is 5.97 Å². The first-order valence-electron chi connectivity index (χ1n) is 29.2. The van der Waals surface area contributed by atoms with Crippen LogP contribution in [0.1, 0.15) is 219 Å². The molecule has 0 spiro atoms. The number of aliphatic hydroxyl groups is 7. The maximum Gasteiger partial charge on any atom is 0.306 e. The van der Waals surface area contributed by atoms with Gasteiger partial charge in [-0.1, -0.05) is 210 Å². The van der Waals surface area contributed by atoms with Gasteiger partial charge in [0.1, 0.15) is 54.9 Å². The number of esters is 1. The summed E-state index contributed by atoms with van der Waals surface area (Å²) in [7, 11) is 0. The first-order valence-corrected chi connectivity index (χ1v) is 29.2. The number of aliphatic hydroxyl groups excluding tert-OH is 7. The molecule has 0 aromatic heterocycles. The Morgan fingerprint density at radius 1 is 0.466 bits per heavy atom. The zero-order chi connectivity index (χ0) is 53.0. The summed E-state index contributed by atoms with van der Waals surface area (Å²) in [5.74, 6) is -0.375. The van der Waals surface area contributed by atoms with Crippen molar-refractivity contribution in [2.75, 3.05) is 33.0 Å². The quantitative estimate of drug-likeness (QED) is 0.0172. The molecular weight excluding hydrogens is 933 g/mol. The van der Waals surface area contributed by atoms with Gasteiger partial charge in [-0.15, -0.1) is 0 Å². The maximum absolute atomic E-state index is 13.0. The summed E-state index contributed by atoms with van der Waals surface area (Å²) in [4.78, 5) is 13.0. The molecule has 0 aliphatic carbocycles. The highest BCUT2D eigenvalue weighted by atomic mass is 16.7. The molecule has 0 aromatic rings. The number of ether oxygens (including phenoxy) is 6. The molecule has 7 N–H and O–H groups in total. The molecule has 0 radical (unpaired) electrons. The Hall–Kier alpha value is -2.05. The van der Waals surface area contributed by atoms with Gasteiger partial charge in [0.05, 0.1) is 26.4 Å². The van der Waals surface area contributed by atoms with Crippen LogP contribution < -0.4 is 0 Å². The number of hydrogen-bond donors (Lipinski definition) is 7. The maximum atomic E-state index is 13.0. The highest BCUT2D eigenvalue weighted by Crippen LogP contribution is 2.27. The van der Waals surface area contributed by atoms with E-state index in [1.54, 1.807) is 0 Å². The van der Waals surface area contributed by atoms with Gasteiger partial charge in [-0.3, -0.25) is 4.79 Å². The molecule has 14 nitrogen and oxygen atoms in total. The van der Waals surface area contributed by atoms with Gasteiger partial charge in [0.25, 0.3) is 0 Å². The summed E-state index contributed by atoms with van der Waals surface area (Å²) < 4.78 is 34.4. The van der Waals surface area contributed by atoms with Gasteiger partial charge in [0, 0.05) is 13.0 Å². The predicted octanol–water partition coefficient (Wildman–Crippen LogP) is 10.3. The molecule has 0 bridgehead atoms. The topological polar surface area (TPSA) is 214 Å². The zero-order valence-corrected chi connectivity index (χ0v) is 45.6. The van der Waals surface area contributed by atoms with Crippen molar-refractivity contribution in [2.45, 2.75) is 287 Å². The van der Waals surface area contributed by atoms with E-state index < -0.39 is 80.7 Å². The van der Waals surface area contributed by atoms with Crippen molar-refractivity contribution < 1.29 is 69.0 Å². The van der Waals surface area contributed by atoms with E-state index in [9.17, 15) is 40.5 Å². The van der Waals surface area contributed by atoms with Crippen LogP contribution in [-0.4, -0.2) is 142 Å². The van der Waals surface area contributed by atoms with Gasteiger partial charge in [-0.2, -0.15) is 0 Å². The Kier molecular flexibility index (Phi) is 42.3. The minimum atomic E-state index is -1.71. The smallest absolute Gasteiger partial charge is 0.306 e. The molecule has 2 fully saturated rings. The van der Waals surface area contributed by atoms with Crippen LogP contribution in [0.4, 0.5) is 0 Å². The standard InChI is InChI=1S/C59H106O14/c1-3-5-7-9-11-13-15-17-18-19-20-21-22-23-24-25-26-27-28-29-31-33-35-37-39-41-43-68-45-48(71-51(61)42-40-38-36-34-32-30-16-14-12-10-8-6-4-2)46-69-58-57(67)55(65)53(63)50(73-58)47-70-59-56(66)54(64)52(62)49(44-60)72-59/h5,7,11,13,17-18,20-21,48-50,52-60,62-67H,3-4,6,8-10,12,14-16,19,22-47H2,1-2H3/b7-5-,13-11-,18-17-,21-20-. The average Bonchev–Trinajstić information content (AvgIpc) is 3.39. The third kappa shape index (κ3) is 33.0. The Bertz CT molecular complexity index is 1390. The Morgan fingerprint density at radius 3 is 1.40 bits per heavy atom. The van der Waals surface area contributed by atoms with Gasteiger partial charge in [0.15, 0.2) is 12.6 Å². The van der Waals surface area contributed by atoms with E-state index in [0.29, 0.717) is 13.0 Å². The average molecular weight is 1040 g/mol. The third-order valence-electron chi connectivity index (χ3n) is 13.9. The lowest BCUT2D eigenvalue weighted by Crippen LogP contribution is -2.61. The number of unbranched alkanes of at least 4 members (excludes halogenated alkanes) is 25. The van der Waals surface area contributed by atoms with E-state index in [-0.39, 0.29) is 25.6 Å². The first-order chi connectivity index (χ1) is 35.6. The first kappa shape index (κ1) is 67.1. The van der Waals surface area contributed by atoms with Gasteiger partial charge < -0.3 is 64.2 Å². The molecule has 0 aromatic carbocycles. The lowest BCUT2D eigenvalue weighted by Gasteiger charge is -2.42. The van der Waals surface area contributed by atoms with Crippen LogP contribution in [0.5, 0.6) is 0 Å². The van der Waals surface area contributed by atoms with Crippen molar-refractivity contribution in [3.05, 3.63) is 48.6 Å². The Labute approximate surface area is 442 Å². The summed E-state index contributed by atoms with van der Waals surface area (Å²) in [6, 6.07) is 0. The van der Waals surface area contributed by atoms with Crippen molar-refractivity contribution in [3.63, 3.8) is 0 Å². The fourth-order valence-electron chi connectivity index (χ4n) is 9.16. The van der Waals surface area contributed by atoms with Crippen LogP contribution >= 0.6 is 0 Å². The molecule has 0 amide bonds. The van der Waals surface area contributed by atoms with Crippen molar-refractivity contribution in [1.29, 1.82) is 0 Å². The zero-order valence-electron chi connectivity index (χ0n) is 45.6. The van der Waals surface area contributed by atoms with E-state index in [4.69, 9.17) is 28.4 Å². The Balaban J connectivity index is 1.67. The summed E-state index contributed by atoms with van der Waals surface area (Å²) in [6.07, 6.45) is 38.9. The molecule has 2 aliphatic heterocycles. The predicted molar refractivity (Wildman–Crippen MR) is 289 cm³/mol. The molecule has 2 heterocycles. The van der Waals surface area contributed by atoms with E-state index in [1.165, 1.54) is 128 Å². The van der Waals surface area contributed by atoms with Crippen LogP contribution in [0.2, 0.25) is 0 Å². The summed E-state index contributed by atoms with van der Waals surface area (Å²) in [5.41, 5.74) is 0. The van der Waals surface area contributed by atoms with Crippen molar-refractivity contribution in [1.82, 2.24) is 0 Å². The number of carbonyl (C=O) groups is 1. The molecule has 2 saturated heterocycles. The van der Waals surface area contributed by atoms with Crippen LogP contribution in [0.25, 0.3) is 0 Å². The van der Waals surface area contributed by atoms with E-state index in [0.717, 1.165) is 64.2 Å². The minimum Gasteiger partial charge on any atom is -0.457 e. The lowest BCUT2D eigenvalue weighted by atomic mass is 9.98. The van der Waals surface area contributed by atoms with Crippen molar-refractivity contribution >= 4 is 5.97 Å². The Morgan fingerprint density at radius 2 is 0.890 bits per heavy atom. The second-order valence-electron chi connectivity index (χ2n) is 20.4.